The molecule has 0 saturated heterocycles. The lowest BCUT2D eigenvalue weighted by atomic mass is 9.99. The number of carbonyl (C=O) groups excluding carboxylic acids is 3. The number of aromatic amines is 1. The molecule has 0 spiro atoms. The Morgan fingerprint density at radius 1 is 1.17 bits per heavy atom. The zero-order valence-corrected chi connectivity index (χ0v) is 12.8. The van der Waals surface area contributed by atoms with Gasteiger partial charge in [0.25, 0.3) is 5.91 Å². The molecule has 0 radical (unpaired) electrons. The van der Waals surface area contributed by atoms with E-state index >= 15 is 0 Å². The lowest BCUT2D eigenvalue weighted by Gasteiger charge is -2.06. The van der Waals surface area contributed by atoms with Crippen LogP contribution in [0.4, 0.5) is 0 Å². The number of primary amides is 2. The highest BCUT2D eigenvalue weighted by Gasteiger charge is 2.19. The number of allylic oxidation sites excluding steroid dienone is 2. The van der Waals surface area contributed by atoms with Crippen molar-refractivity contribution in [2.45, 2.75) is 20.3 Å². The molecule has 2 rings (SSSR count). The Labute approximate surface area is 132 Å². The third-order valence-electron chi connectivity index (χ3n) is 3.48. The Balaban J connectivity index is 2.70. The monoisotopic (exact) mass is 315 g/mol. The number of amides is 2. The van der Waals surface area contributed by atoms with E-state index < -0.39 is 11.8 Å². The number of ketones is 1. The smallest absolute Gasteiger partial charge is 0.251 e. The number of Topliss-reactive ketones (excluding diaryl/α,β-unsaturated/α-hetero) is 1. The summed E-state index contributed by atoms with van der Waals surface area (Å²) in [6.07, 6.45) is -0.156. The molecule has 2 amide bonds. The van der Waals surface area contributed by atoms with Gasteiger partial charge in [0.1, 0.15) is 5.76 Å². The first kappa shape index (κ1) is 16.3. The number of H-pyrrole nitrogens is 1. The van der Waals surface area contributed by atoms with Gasteiger partial charge in [-0.05, 0) is 25.5 Å². The number of benzene rings is 1. The van der Waals surface area contributed by atoms with Crippen molar-refractivity contribution < 1.29 is 19.5 Å². The zero-order chi connectivity index (χ0) is 17.3. The Bertz CT molecular complexity index is 858. The summed E-state index contributed by atoms with van der Waals surface area (Å²) in [6, 6.07) is 4.83. The summed E-state index contributed by atoms with van der Waals surface area (Å²) < 4.78 is 0. The number of hydrogen-bond acceptors (Lipinski definition) is 4. The Morgan fingerprint density at radius 2 is 1.83 bits per heavy atom. The summed E-state index contributed by atoms with van der Waals surface area (Å²) in [5, 5.41) is 10.2. The standard InChI is InChI=1S/C16H17N3O4/c1-7(20)14(8(2)21)9-3-4-10-11(5-9)19-12(6-13(17)22)15(10)16(18)23/h3-5,19-20H,6H2,1-2H3,(H2,17,22)(H2,18,23)/b14-7+. The lowest BCUT2D eigenvalue weighted by Crippen LogP contribution is -2.18. The minimum absolute atomic E-state index is 0.101. The van der Waals surface area contributed by atoms with Crippen LogP contribution < -0.4 is 11.5 Å². The van der Waals surface area contributed by atoms with Crippen molar-refractivity contribution in [1.29, 1.82) is 0 Å². The number of nitrogens with two attached hydrogens (primary N) is 2. The van der Waals surface area contributed by atoms with Crippen LogP contribution in [0.2, 0.25) is 0 Å². The van der Waals surface area contributed by atoms with Gasteiger partial charge in [-0.1, -0.05) is 12.1 Å². The summed E-state index contributed by atoms with van der Waals surface area (Å²) in [6.45, 7) is 2.77. The van der Waals surface area contributed by atoms with Crippen LogP contribution in [0.25, 0.3) is 16.5 Å². The van der Waals surface area contributed by atoms with Crippen LogP contribution in [-0.2, 0) is 16.0 Å². The predicted octanol–water partition coefficient (Wildman–Crippen LogP) is 1.17. The number of hydrogen-bond donors (Lipinski definition) is 4. The second-order valence-corrected chi connectivity index (χ2v) is 5.26. The third kappa shape index (κ3) is 3.08. The van der Waals surface area contributed by atoms with Gasteiger partial charge in [0, 0.05) is 16.6 Å². The highest BCUT2D eigenvalue weighted by molar-refractivity contribution is 6.20. The van der Waals surface area contributed by atoms with E-state index in [1.807, 2.05) is 0 Å². The van der Waals surface area contributed by atoms with E-state index in [1.54, 1.807) is 18.2 Å². The number of nitrogens with one attached hydrogen (secondary N) is 1. The van der Waals surface area contributed by atoms with Crippen molar-refractivity contribution in [3.8, 4) is 0 Å². The largest absolute Gasteiger partial charge is 0.512 e. The van der Waals surface area contributed by atoms with Gasteiger partial charge in [0.15, 0.2) is 5.78 Å². The van der Waals surface area contributed by atoms with Crippen molar-refractivity contribution in [1.82, 2.24) is 4.98 Å². The summed E-state index contributed by atoms with van der Waals surface area (Å²) in [7, 11) is 0. The van der Waals surface area contributed by atoms with E-state index in [0.717, 1.165) is 0 Å². The summed E-state index contributed by atoms with van der Waals surface area (Å²) in [4.78, 5) is 37.4. The van der Waals surface area contributed by atoms with Crippen LogP contribution in [-0.4, -0.2) is 27.7 Å². The molecule has 6 N–H and O–H groups in total. The fourth-order valence-corrected chi connectivity index (χ4v) is 2.66. The zero-order valence-electron chi connectivity index (χ0n) is 12.8. The van der Waals surface area contributed by atoms with E-state index in [4.69, 9.17) is 11.5 Å². The molecule has 1 aromatic carbocycles. The average molecular weight is 315 g/mol. The molecular formula is C16H17N3O4. The van der Waals surface area contributed by atoms with E-state index in [1.165, 1.54) is 13.8 Å². The highest BCUT2D eigenvalue weighted by atomic mass is 16.3. The molecule has 0 saturated carbocycles. The number of aliphatic hydroxyl groups is 1. The molecule has 0 fully saturated rings. The predicted molar refractivity (Wildman–Crippen MR) is 85.6 cm³/mol. The average Bonchev–Trinajstić information content (AvgIpc) is 2.73. The molecule has 0 atom stereocenters. The van der Waals surface area contributed by atoms with Gasteiger partial charge >= 0.3 is 0 Å². The van der Waals surface area contributed by atoms with Gasteiger partial charge in [-0.15, -0.1) is 0 Å². The van der Waals surface area contributed by atoms with E-state index in [-0.39, 0.29) is 29.1 Å². The lowest BCUT2D eigenvalue weighted by molar-refractivity contribution is -0.117. The van der Waals surface area contributed by atoms with Crippen LogP contribution in [0, 0.1) is 0 Å². The molecular weight excluding hydrogens is 298 g/mol. The maximum atomic E-state index is 11.7. The van der Waals surface area contributed by atoms with Crippen molar-refractivity contribution in [3.05, 3.63) is 40.8 Å². The summed E-state index contributed by atoms with van der Waals surface area (Å²) in [5.74, 6) is -1.67. The molecule has 0 aliphatic heterocycles. The molecule has 1 aromatic heterocycles. The van der Waals surface area contributed by atoms with Crippen molar-refractivity contribution in [2.75, 3.05) is 0 Å². The maximum Gasteiger partial charge on any atom is 0.251 e. The number of fused-ring (bicyclic) bond motifs is 1. The Morgan fingerprint density at radius 3 is 2.30 bits per heavy atom. The normalized spacial score (nSPS) is 12.1. The van der Waals surface area contributed by atoms with Crippen LogP contribution in [0.3, 0.4) is 0 Å². The number of rotatable bonds is 5. The Kier molecular flexibility index (Phi) is 4.22. The SMILES string of the molecule is CC(=O)/C(=C(/C)O)c1ccc2c(C(N)=O)c(CC(N)=O)[nH]c2c1. The number of aliphatic hydroxyl groups excluding tert-OH is 1. The van der Waals surface area contributed by atoms with Gasteiger partial charge in [-0.2, -0.15) is 0 Å². The first-order valence-electron chi connectivity index (χ1n) is 6.86. The first-order valence-corrected chi connectivity index (χ1v) is 6.86. The van der Waals surface area contributed by atoms with E-state index in [0.29, 0.717) is 22.2 Å². The third-order valence-corrected chi connectivity index (χ3v) is 3.48. The van der Waals surface area contributed by atoms with E-state index in [9.17, 15) is 19.5 Å². The molecule has 2 aromatic rings. The second-order valence-electron chi connectivity index (χ2n) is 5.26. The van der Waals surface area contributed by atoms with Crippen molar-refractivity contribution in [2.24, 2.45) is 11.5 Å². The maximum absolute atomic E-state index is 11.7. The molecule has 23 heavy (non-hydrogen) atoms. The van der Waals surface area contributed by atoms with Crippen LogP contribution >= 0.6 is 0 Å². The van der Waals surface area contributed by atoms with Crippen molar-refractivity contribution >= 4 is 34.1 Å². The van der Waals surface area contributed by atoms with Crippen molar-refractivity contribution in [3.63, 3.8) is 0 Å². The molecule has 120 valence electrons. The van der Waals surface area contributed by atoms with Crippen LogP contribution in [0.1, 0.15) is 35.5 Å². The van der Waals surface area contributed by atoms with Gasteiger partial charge < -0.3 is 21.6 Å². The molecule has 0 aliphatic rings. The molecule has 1 heterocycles. The molecule has 0 unspecified atom stereocenters. The van der Waals surface area contributed by atoms with Gasteiger partial charge in [0.2, 0.25) is 5.91 Å². The minimum atomic E-state index is -0.680. The van der Waals surface area contributed by atoms with Gasteiger partial charge in [0.05, 0.1) is 17.6 Å². The molecule has 7 heteroatoms. The van der Waals surface area contributed by atoms with Crippen LogP contribution in [0.15, 0.2) is 24.0 Å². The summed E-state index contributed by atoms with van der Waals surface area (Å²) >= 11 is 0. The minimum Gasteiger partial charge on any atom is -0.512 e. The fraction of sp³-hybridized carbons (Fsp3) is 0.188. The van der Waals surface area contributed by atoms with Gasteiger partial charge in [-0.25, -0.2) is 0 Å². The highest BCUT2D eigenvalue weighted by Crippen LogP contribution is 2.27. The quantitative estimate of drug-likeness (QED) is 0.485. The fourth-order valence-electron chi connectivity index (χ4n) is 2.66. The van der Waals surface area contributed by atoms with Gasteiger partial charge in [-0.3, -0.25) is 14.4 Å². The van der Waals surface area contributed by atoms with Crippen LogP contribution in [0.5, 0.6) is 0 Å². The molecule has 0 bridgehead atoms. The Hall–Kier alpha value is -3.09. The number of carbonyl (C=O) groups is 3. The van der Waals surface area contributed by atoms with E-state index in [2.05, 4.69) is 4.98 Å². The summed E-state index contributed by atoms with van der Waals surface area (Å²) in [5.41, 5.74) is 12.3. The second kappa shape index (κ2) is 5.96. The first-order chi connectivity index (χ1) is 10.7. The number of aromatic nitrogens is 1. The molecule has 0 aliphatic carbocycles. The topological polar surface area (TPSA) is 139 Å². The molecule has 7 nitrogen and oxygen atoms in total.